The third-order valence-corrected chi connectivity index (χ3v) is 6.26. The molecule has 1 amide bonds. The van der Waals surface area contributed by atoms with Gasteiger partial charge in [0.15, 0.2) is 5.65 Å². The number of aryl methyl sites for hydroxylation is 2. The number of anilines is 1. The van der Waals surface area contributed by atoms with Crippen LogP contribution < -0.4 is 5.32 Å². The second-order valence-electron chi connectivity index (χ2n) is 8.24. The first kappa shape index (κ1) is 19.9. The number of ether oxygens (including phenoxy) is 1. The van der Waals surface area contributed by atoms with Crippen LogP contribution >= 0.6 is 0 Å². The minimum atomic E-state index is -0.387. The van der Waals surface area contributed by atoms with Crippen molar-refractivity contribution in [1.29, 1.82) is 0 Å². The molecule has 1 fully saturated rings. The van der Waals surface area contributed by atoms with Crippen molar-refractivity contribution in [2.24, 2.45) is 0 Å². The number of carbonyl (C=O) groups excluding carboxylic acids is 1. The molecule has 0 atom stereocenters. The summed E-state index contributed by atoms with van der Waals surface area (Å²) in [6, 6.07) is 4.73. The first-order chi connectivity index (χ1) is 15.0. The van der Waals surface area contributed by atoms with Gasteiger partial charge < -0.3 is 15.0 Å². The lowest BCUT2D eigenvalue weighted by molar-refractivity contribution is 0.0766. The number of nitrogens with zero attached hydrogens (tertiary/aromatic N) is 4. The van der Waals surface area contributed by atoms with E-state index in [0.29, 0.717) is 24.7 Å². The first-order valence-corrected chi connectivity index (χ1v) is 10.8. The molecule has 2 aliphatic heterocycles. The minimum Gasteiger partial charge on any atom is -0.381 e. The lowest BCUT2D eigenvalue weighted by Crippen LogP contribution is -2.30. The van der Waals surface area contributed by atoms with Crippen molar-refractivity contribution >= 4 is 22.6 Å². The predicted octanol–water partition coefficient (Wildman–Crippen LogP) is 3.65. The second kappa shape index (κ2) is 7.92. The molecule has 7 nitrogen and oxygen atoms in total. The maximum Gasteiger partial charge on any atom is 0.254 e. The average Bonchev–Trinajstić information content (AvgIpc) is 3.32. The van der Waals surface area contributed by atoms with Gasteiger partial charge in [-0.15, -0.1) is 0 Å². The highest BCUT2D eigenvalue weighted by Gasteiger charge is 2.30. The Labute approximate surface area is 180 Å². The minimum absolute atomic E-state index is 0.143. The van der Waals surface area contributed by atoms with Gasteiger partial charge in [-0.3, -0.25) is 4.79 Å². The van der Waals surface area contributed by atoms with Crippen LogP contribution in [0.2, 0.25) is 0 Å². The normalized spacial score (nSPS) is 16.9. The number of amides is 1. The first-order valence-electron chi connectivity index (χ1n) is 10.8. The number of carbonyl (C=O) groups is 1. The molecular weight excluding hydrogens is 397 g/mol. The molecule has 5 rings (SSSR count). The molecule has 8 heteroatoms. The Morgan fingerprint density at radius 2 is 2.10 bits per heavy atom. The summed E-state index contributed by atoms with van der Waals surface area (Å²) in [6.45, 7) is 7.10. The molecular formula is C23H26FN5O2. The van der Waals surface area contributed by atoms with E-state index in [4.69, 9.17) is 9.72 Å². The molecule has 0 bridgehead atoms. The maximum atomic E-state index is 13.7. The van der Waals surface area contributed by atoms with Crippen molar-refractivity contribution in [1.82, 2.24) is 19.7 Å². The molecule has 4 heterocycles. The largest absolute Gasteiger partial charge is 0.381 e. The summed E-state index contributed by atoms with van der Waals surface area (Å²) in [5, 5.41) is 9.19. The summed E-state index contributed by atoms with van der Waals surface area (Å²) in [7, 11) is 0. The zero-order valence-electron chi connectivity index (χ0n) is 17.8. The van der Waals surface area contributed by atoms with Crippen molar-refractivity contribution in [3.8, 4) is 0 Å². The Kier molecular flexibility index (Phi) is 5.09. The Morgan fingerprint density at radius 3 is 2.87 bits per heavy atom. The summed E-state index contributed by atoms with van der Waals surface area (Å²) < 4.78 is 21.1. The van der Waals surface area contributed by atoms with Crippen molar-refractivity contribution < 1.29 is 13.9 Å². The van der Waals surface area contributed by atoms with Gasteiger partial charge in [-0.05, 0) is 44.4 Å². The number of halogens is 1. The molecule has 1 N–H and O–H groups in total. The molecule has 3 aromatic rings. The van der Waals surface area contributed by atoms with Crippen LogP contribution in [0.3, 0.4) is 0 Å². The lowest BCUT2D eigenvalue weighted by atomic mass is 10.0. The maximum absolute atomic E-state index is 13.7. The standard InChI is InChI=1S/C23H26FN5O2/c1-3-29-22-19(11-25-29)21(27-17-6-8-31-9-7-17)20(14(2)26-22)13-28-12-15-4-5-16(24)10-18(15)23(28)30/h4-5,10-11,17H,3,6-9,12-13H2,1-2H3,(H,26,27). The van der Waals surface area contributed by atoms with Crippen LogP contribution in [0.1, 0.15) is 46.9 Å². The van der Waals surface area contributed by atoms with Crippen molar-refractivity contribution in [2.75, 3.05) is 18.5 Å². The van der Waals surface area contributed by atoms with Gasteiger partial charge in [0.1, 0.15) is 5.82 Å². The Bertz CT molecular complexity index is 1150. The van der Waals surface area contributed by atoms with Crippen LogP contribution in [0.15, 0.2) is 24.4 Å². The summed E-state index contributed by atoms with van der Waals surface area (Å²) >= 11 is 0. The van der Waals surface area contributed by atoms with Gasteiger partial charge in [0.25, 0.3) is 5.91 Å². The van der Waals surface area contributed by atoms with Gasteiger partial charge in [0.05, 0.1) is 23.8 Å². The summed E-state index contributed by atoms with van der Waals surface area (Å²) in [4.78, 5) is 19.6. The van der Waals surface area contributed by atoms with E-state index in [9.17, 15) is 9.18 Å². The van der Waals surface area contributed by atoms with Crippen LogP contribution in [0, 0.1) is 12.7 Å². The number of hydrogen-bond donors (Lipinski definition) is 1. The third-order valence-electron chi connectivity index (χ3n) is 6.26. The van der Waals surface area contributed by atoms with Crippen molar-refractivity contribution in [3.05, 3.63) is 52.6 Å². The predicted molar refractivity (Wildman–Crippen MR) is 115 cm³/mol. The molecule has 0 aliphatic carbocycles. The van der Waals surface area contributed by atoms with Crippen LogP contribution in [0.4, 0.5) is 10.1 Å². The van der Waals surface area contributed by atoms with E-state index in [1.54, 1.807) is 11.0 Å². The van der Waals surface area contributed by atoms with Crippen LogP contribution in [-0.2, 0) is 24.4 Å². The van der Waals surface area contributed by atoms with Crippen molar-refractivity contribution in [2.45, 2.75) is 52.4 Å². The van der Waals surface area contributed by atoms with Crippen molar-refractivity contribution in [3.63, 3.8) is 0 Å². The molecule has 0 saturated carbocycles. The summed E-state index contributed by atoms with van der Waals surface area (Å²) in [6.07, 6.45) is 3.71. The highest BCUT2D eigenvalue weighted by molar-refractivity contribution is 5.98. The highest BCUT2D eigenvalue weighted by atomic mass is 19.1. The monoisotopic (exact) mass is 423 g/mol. The van der Waals surface area contributed by atoms with Gasteiger partial charge in [-0.1, -0.05) is 6.07 Å². The number of aromatic nitrogens is 3. The summed E-state index contributed by atoms with van der Waals surface area (Å²) in [5.74, 6) is -0.530. The highest BCUT2D eigenvalue weighted by Crippen LogP contribution is 2.33. The van der Waals surface area contributed by atoms with Crippen LogP contribution in [-0.4, -0.2) is 44.8 Å². The topological polar surface area (TPSA) is 72.3 Å². The van der Waals surface area contributed by atoms with E-state index in [-0.39, 0.29) is 11.7 Å². The number of fused-ring (bicyclic) bond motifs is 2. The molecule has 1 saturated heterocycles. The molecule has 1 aromatic carbocycles. The zero-order valence-corrected chi connectivity index (χ0v) is 17.8. The van der Waals surface area contributed by atoms with Gasteiger partial charge in [0, 0.05) is 49.2 Å². The van der Waals surface area contributed by atoms with E-state index in [2.05, 4.69) is 10.4 Å². The Balaban J connectivity index is 1.53. The van der Waals surface area contributed by atoms with E-state index in [1.165, 1.54) is 12.1 Å². The fourth-order valence-corrected chi connectivity index (χ4v) is 4.53. The fraction of sp³-hybridized carbons (Fsp3) is 0.435. The number of benzene rings is 1. The van der Waals surface area contributed by atoms with E-state index >= 15 is 0 Å². The summed E-state index contributed by atoms with van der Waals surface area (Å²) in [5.41, 5.74) is 4.99. The smallest absolute Gasteiger partial charge is 0.254 e. The number of hydrogen-bond acceptors (Lipinski definition) is 5. The SMILES string of the molecule is CCn1ncc2c(NC3CCOCC3)c(CN3Cc4ccc(F)cc4C3=O)c(C)nc21. The van der Waals surface area contributed by atoms with E-state index in [0.717, 1.165) is 66.1 Å². The molecule has 2 aromatic heterocycles. The number of rotatable bonds is 5. The van der Waals surface area contributed by atoms with Gasteiger partial charge >= 0.3 is 0 Å². The molecule has 31 heavy (non-hydrogen) atoms. The van der Waals surface area contributed by atoms with Crippen LogP contribution in [0.5, 0.6) is 0 Å². The number of pyridine rings is 1. The molecule has 0 spiro atoms. The fourth-order valence-electron chi connectivity index (χ4n) is 4.53. The zero-order chi connectivity index (χ0) is 21.5. The molecule has 0 unspecified atom stereocenters. The van der Waals surface area contributed by atoms with Crippen LogP contribution in [0.25, 0.3) is 11.0 Å². The third kappa shape index (κ3) is 3.54. The molecule has 162 valence electrons. The van der Waals surface area contributed by atoms with E-state index < -0.39 is 0 Å². The average molecular weight is 423 g/mol. The second-order valence-corrected chi connectivity index (χ2v) is 8.24. The van der Waals surface area contributed by atoms with Gasteiger partial charge in [0.2, 0.25) is 0 Å². The Morgan fingerprint density at radius 1 is 1.29 bits per heavy atom. The van der Waals surface area contributed by atoms with Gasteiger partial charge in [-0.25, -0.2) is 14.1 Å². The quantitative estimate of drug-likeness (QED) is 0.678. The molecule has 2 aliphatic rings. The lowest BCUT2D eigenvalue weighted by Gasteiger charge is -2.27. The number of nitrogens with one attached hydrogen (secondary N) is 1. The van der Waals surface area contributed by atoms with Gasteiger partial charge in [-0.2, -0.15) is 5.10 Å². The van der Waals surface area contributed by atoms with E-state index in [1.807, 2.05) is 24.7 Å². The molecule has 0 radical (unpaired) electrons. The Hall–Kier alpha value is -3.00.